The molecule has 0 saturated carbocycles. The van der Waals surface area contributed by atoms with Crippen molar-refractivity contribution in [2.45, 2.75) is 18.1 Å². The second-order valence-electron chi connectivity index (χ2n) is 5.42. The van der Waals surface area contributed by atoms with E-state index in [1.807, 2.05) is 42.5 Å². The average molecular weight is 418 g/mol. The number of aromatic nitrogens is 3. The Labute approximate surface area is 157 Å². The molecule has 1 N–H and O–H groups in total. The zero-order valence-electron chi connectivity index (χ0n) is 13.3. The topological polar surface area (TPSA) is 67.8 Å². The summed E-state index contributed by atoms with van der Waals surface area (Å²) in [5.74, 6) is 0.236. The van der Waals surface area contributed by atoms with Crippen LogP contribution in [0.1, 0.15) is 15.9 Å². The molecule has 5 nitrogen and oxygen atoms in total. The predicted octanol–water partition coefficient (Wildman–Crippen LogP) is 3.55. The van der Waals surface area contributed by atoms with E-state index in [2.05, 4.69) is 26.1 Å². The summed E-state index contributed by atoms with van der Waals surface area (Å²) in [5, 5.41) is 7.03. The van der Waals surface area contributed by atoms with Crippen LogP contribution in [0.5, 0.6) is 0 Å². The minimum absolute atomic E-state index is 0.00237. The van der Waals surface area contributed by atoms with Crippen molar-refractivity contribution in [2.24, 2.45) is 0 Å². The van der Waals surface area contributed by atoms with Crippen molar-refractivity contribution in [2.75, 3.05) is 5.75 Å². The summed E-state index contributed by atoms with van der Waals surface area (Å²) in [6, 6.07) is 17.2. The highest BCUT2D eigenvalue weighted by molar-refractivity contribution is 9.10. The van der Waals surface area contributed by atoms with E-state index in [0.29, 0.717) is 17.3 Å². The first kappa shape index (κ1) is 17.7. The molecular weight excluding hydrogens is 402 g/mol. The van der Waals surface area contributed by atoms with E-state index in [-0.39, 0.29) is 17.2 Å². The molecule has 7 heteroatoms. The van der Waals surface area contributed by atoms with Gasteiger partial charge in [-0.15, -0.1) is 5.10 Å². The number of nitrogens with one attached hydrogen (secondary N) is 1. The van der Waals surface area contributed by atoms with E-state index in [0.717, 1.165) is 16.5 Å². The molecular formula is C18H16BrN3O2S. The van der Waals surface area contributed by atoms with Crippen molar-refractivity contribution in [1.29, 1.82) is 0 Å². The summed E-state index contributed by atoms with van der Waals surface area (Å²) in [5.41, 5.74) is 1.54. The molecule has 3 aromatic rings. The van der Waals surface area contributed by atoms with Gasteiger partial charge in [0.15, 0.2) is 10.9 Å². The van der Waals surface area contributed by atoms with E-state index in [1.165, 1.54) is 11.8 Å². The van der Waals surface area contributed by atoms with Gasteiger partial charge in [0, 0.05) is 16.6 Å². The van der Waals surface area contributed by atoms with Gasteiger partial charge in [-0.2, -0.15) is 0 Å². The lowest BCUT2D eigenvalue weighted by Crippen LogP contribution is -2.19. The summed E-state index contributed by atoms with van der Waals surface area (Å²) in [7, 11) is 0. The summed E-state index contributed by atoms with van der Waals surface area (Å²) in [6.45, 7) is 0.522. The Morgan fingerprint density at radius 1 is 1.12 bits per heavy atom. The van der Waals surface area contributed by atoms with Crippen molar-refractivity contribution in [3.05, 3.63) is 80.7 Å². The highest BCUT2D eigenvalue weighted by Gasteiger charge is 2.12. The number of thioether (sulfide) groups is 1. The molecule has 0 spiro atoms. The number of Topliss-reactive ketones (excluding diaryl/α,β-unsaturated/α-hetero) is 1. The number of H-pyrrole nitrogens is 1. The Morgan fingerprint density at radius 3 is 2.56 bits per heavy atom. The largest absolute Gasteiger partial charge is 0.343 e. The normalized spacial score (nSPS) is 10.8. The van der Waals surface area contributed by atoms with Crippen molar-refractivity contribution >= 4 is 33.5 Å². The first-order chi connectivity index (χ1) is 12.1. The zero-order valence-corrected chi connectivity index (χ0v) is 15.7. The van der Waals surface area contributed by atoms with Crippen LogP contribution in [-0.4, -0.2) is 26.3 Å². The van der Waals surface area contributed by atoms with Crippen LogP contribution < -0.4 is 5.69 Å². The Balaban J connectivity index is 1.64. The molecule has 0 saturated heterocycles. The molecule has 0 aliphatic carbocycles. The average Bonchev–Trinajstić information content (AvgIpc) is 2.99. The van der Waals surface area contributed by atoms with Crippen LogP contribution in [0.3, 0.4) is 0 Å². The summed E-state index contributed by atoms with van der Waals surface area (Å²) >= 11 is 4.62. The van der Waals surface area contributed by atoms with E-state index < -0.39 is 0 Å². The molecule has 3 rings (SSSR count). The number of aromatic amines is 1. The molecule has 0 atom stereocenters. The number of halogens is 1. The highest BCUT2D eigenvalue weighted by atomic mass is 79.9. The minimum atomic E-state index is -0.255. The number of benzene rings is 2. The van der Waals surface area contributed by atoms with Gasteiger partial charge in [-0.3, -0.25) is 9.36 Å². The fourth-order valence-electron chi connectivity index (χ4n) is 2.35. The first-order valence-corrected chi connectivity index (χ1v) is 9.52. The number of hydrogen-bond donors (Lipinski definition) is 1. The third-order valence-electron chi connectivity index (χ3n) is 3.69. The second kappa shape index (κ2) is 8.31. The third-order valence-corrected chi connectivity index (χ3v) is 5.19. The van der Waals surface area contributed by atoms with Gasteiger partial charge in [0.2, 0.25) is 0 Å². The fourth-order valence-corrected chi connectivity index (χ4v) is 3.48. The molecule has 0 amide bonds. The zero-order chi connectivity index (χ0) is 17.6. The fraction of sp³-hybridized carbons (Fsp3) is 0.167. The molecule has 25 heavy (non-hydrogen) atoms. The molecule has 0 radical (unpaired) electrons. The smallest absolute Gasteiger partial charge is 0.293 e. The maximum atomic E-state index is 12.3. The second-order valence-corrected chi connectivity index (χ2v) is 7.28. The lowest BCUT2D eigenvalue weighted by atomic mass is 10.1. The predicted molar refractivity (Wildman–Crippen MR) is 102 cm³/mol. The summed E-state index contributed by atoms with van der Waals surface area (Å²) in [4.78, 5) is 24.2. The lowest BCUT2D eigenvalue weighted by Gasteiger charge is -2.06. The van der Waals surface area contributed by atoms with Gasteiger partial charge in [-0.1, -0.05) is 70.2 Å². The highest BCUT2D eigenvalue weighted by Crippen LogP contribution is 2.17. The maximum absolute atomic E-state index is 12.3. The van der Waals surface area contributed by atoms with Crippen LogP contribution in [0.25, 0.3) is 0 Å². The molecule has 128 valence electrons. The molecule has 1 aromatic heterocycles. The molecule has 0 aliphatic heterocycles. The molecule has 0 unspecified atom stereocenters. The van der Waals surface area contributed by atoms with E-state index >= 15 is 0 Å². The van der Waals surface area contributed by atoms with Crippen LogP contribution >= 0.6 is 27.7 Å². The minimum Gasteiger partial charge on any atom is -0.293 e. The number of ketones is 1. The lowest BCUT2D eigenvalue weighted by molar-refractivity contribution is 0.102. The van der Waals surface area contributed by atoms with Gasteiger partial charge < -0.3 is 0 Å². The van der Waals surface area contributed by atoms with Gasteiger partial charge in [0.25, 0.3) is 0 Å². The molecule has 0 fully saturated rings. The number of aryl methyl sites for hydroxylation is 1. The van der Waals surface area contributed by atoms with E-state index in [9.17, 15) is 9.59 Å². The van der Waals surface area contributed by atoms with Crippen LogP contribution in [0.2, 0.25) is 0 Å². The van der Waals surface area contributed by atoms with Gasteiger partial charge in [0.05, 0.1) is 5.75 Å². The molecule has 2 aromatic carbocycles. The standard InChI is InChI=1S/C18H16BrN3O2S/c19-15-8-6-14(7-9-15)16(23)12-25-18-21-20-17(24)22(18)11-10-13-4-2-1-3-5-13/h1-9H,10-12H2,(H,20,24). The van der Waals surface area contributed by atoms with Crippen molar-refractivity contribution in [1.82, 2.24) is 14.8 Å². The summed E-state index contributed by atoms with van der Waals surface area (Å²) < 4.78 is 2.51. The Kier molecular flexibility index (Phi) is 5.88. The number of rotatable bonds is 7. The monoisotopic (exact) mass is 417 g/mol. The SMILES string of the molecule is O=C(CSc1n[nH]c(=O)n1CCc1ccccc1)c1ccc(Br)cc1. The van der Waals surface area contributed by atoms with Crippen LogP contribution in [0, 0.1) is 0 Å². The van der Waals surface area contributed by atoms with Crippen molar-refractivity contribution in [3.63, 3.8) is 0 Å². The third kappa shape index (κ3) is 4.70. The van der Waals surface area contributed by atoms with Gasteiger partial charge in [-0.05, 0) is 24.1 Å². The first-order valence-electron chi connectivity index (χ1n) is 7.74. The maximum Gasteiger partial charge on any atom is 0.343 e. The van der Waals surface area contributed by atoms with Crippen molar-refractivity contribution < 1.29 is 4.79 Å². The Morgan fingerprint density at radius 2 is 1.84 bits per heavy atom. The van der Waals surface area contributed by atoms with Crippen LogP contribution in [-0.2, 0) is 13.0 Å². The Bertz CT molecular complexity index is 904. The number of nitrogens with zero attached hydrogens (tertiary/aromatic N) is 2. The number of carbonyl (C=O) groups excluding carboxylic acids is 1. The van der Waals surface area contributed by atoms with Crippen LogP contribution in [0.4, 0.5) is 0 Å². The van der Waals surface area contributed by atoms with E-state index in [1.54, 1.807) is 16.7 Å². The number of hydrogen-bond acceptors (Lipinski definition) is 4. The Hall–Kier alpha value is -2.12. The van der Waals surface area contributed by atoms with Crippen molar-refractivity contribution in [3.8, 4) is 0 Å². The molecule has 1 heterocycles. The quantitative estimate of drug-likeness (QED) is 0.471. The van der Waals surface area contributed by atoms with Gasteiger partial charge in [-0.25, -0.2) is 9.89 Å². The molecule has 0 aliphatic rings. The molecule has 0 bridgehead atoms. The van der Waals surface area contributed by atoms with Gasteiger partial charge >= 0.3 is 5.69 Å². The number of carbonyl (C=O) groups is 1. The van der Waals surface area contributed by atoms with Gasteiger partial charge in [0.1, 0.15) is 0 Å². The summed E-state index contributed by atoms with van der Waals surface area (Å²) in [6.07, 6.45) is 0.731. The van der Waals surface area contributed by atoms with Crippen LogP contribution in [0.15, 0.2) is 69.0 Å². The van der Waals surface area contributed by atoms with E-state index in [4.69, 9.17) is 0 Å².